The van der Waals surface area contributed by atoms with E-state index in [1.54, 1.807) is 24.3 Å². The van der Waals surface area contributed by atoms with Gasteiger partial charge in [-0.2, -0.15) is 0 Å². The van der Waals surface area contributed by atoms with Crippen molar-refractivity contribution in [2.24, 2.45) is 0 Å². The zero-order valence-corrected chi connectivity index (χ0v) is 18.8. The molecule has 1 aliphatic heterocycles. The molecular weight excluding hydrogens is 390 g/mol. The van der Waals surface area contributed by atoms with Gasteiger partial charge in [-0.1, -0.05) is 56.3 Å². The van der Waals surface area contributed by atoms with Crippen LogP contribution in [0.2, 0.25) is 0 Å². The van der Waals surface area contributed by atoms with E-state index in [1.165, 1.54) is 12.5 Å². The Bertz CT molecular complexity index is 867. The zero-order valence-electron chi connectivity index (χ0n) is 18.8. The van der Waals surface area contributed by atoms with Crippen LogP contribution in [0.15, 0.2) is 54.6 Å². The Kier molecular flexibility index (Phi) is 8.20. The van der Waals surface area contributed by atoms with Crippen LogP contribution in [-0.4, -0.2) is 72.4 Å². The van der Waals surface area contributed by atoms with E-state index in [9.17, 15) is 9.59 Å². The first kappa shape index (κ1) is 23.0. The molecule has 6 nitrogen and oxygen atoms in total. The summed E-state index contributed by atoms with van der Waals surface area (Å²) >= 11 is 0. The van der Waals surface area contributed by atoms with Crippen LogP contribution in [0.1, 0.15) is 42.7 Å². The summed E-state index contributed by atoms with van der Waals surface area (Å²) in [5.74, 6) is -0.204. The minimum atomic E-state index is -0.427. The molecule has 31 heavy (non-hydrogen) atoms. The normalized spacial score (nSPS) is 17.0. The quantitative estimate of drug-likeness (QED) is 0.481. The van der Waals surface area contributed by atoms with Crippen molar-refractivity contribution >= 4 is 11.9 Å². The van der Waals surface area contributed by atoms with Crippen LogP contribution in [-0.2, 0) is 4.79 Å². The Labute approximate surface area is 185 Å². The molecule has 0 N–H and O–H groups in total. The fraction of sp³-hybridized carbons (Fsp3) is 0.440. The molecule has 1 aliphatic rings. The third kappa shape index (κ3) is 5.93. The van der Waals surface area contributed by atoms with Crippen molar-refractivity contribution in [1.82, 2.24) is 14.7 Å². The van der Waals surface area contributed by atoms with Gasteiger partial charge < -0.3 is 14.5 Å². The van der Waals surface area contributed by atoms with Crippen LogP contribution in [0.3, 0.4) is 0 Å². The summed E-state index contributed by atoms with van der Waals surface area (Å²) in [6.07, 6.45) is 0. The number of carbonyl (C=O) groups excluding carboxylic acids is 2. The highest BCUT2D eigenvalue weighted by Crippen LogP contribution is 2.28. The molecule has 1 unspecified atom stereocenters. The minimum Gasteiger partial charge on any atom is -0.426 e. The zero-order chi connectivity index (χ0) is 22.2. The number of ether oxygens (including phenoxy) is 1. The Morgan fingerprint density at radius 3 is 2.35 bits per heavy atom. The molecule has 1 heterocycles. The topological polar surface area (TPSA) is 53.1 Å². The summed E-state index contributed by atoms with van der Waals surface area (Å²) in [5, 5.41) is 0. The minimum absolute atomic E-state index is 0.0961. The first-order valence-corrected chi connectivity index (χ1v) is 11.1. The lowest BCUT2D eigenvalue weighted by molar-refractivity contribution is -0.131. The maximum absolute atomic E-state index is 13.4. The van der Waals surface area contributed by atoms with Crippen molar-refractivity contribution in [3.63, 3.8) is 0 Å². The molecule has 1 fully saturated rings. The van der Waals surface area contributed by atoms with Crippen LogP contribution in [0.5, 0.6) is 5.75 Å². The molecule has 1 saturated heterocycles. The average Bonchev–Trinajstić information content (AvgIpc) is 2.80. The molecule has 0 spiro atoms. The van der Waals surface area contributed by atoms with E-state index in [0.29, 0.717) is 24.4 Å². The predicted octanol–water partition coefficient (Wildman–Crippen LogP) is 3.45. The van der Waals surface area contributed by atoms with Gasteiger partial charge in [0, 0.05) is 39.6 Å². The molecule has 3 rings (SSSR count). The van der Waals surface area contributed by atoms with Gasteiger partial charge in [0.2, 0.25) is 0 Å². The molecule has 0 saturated carbocycles. The summed E-state index contributed by atoms with van der Waals surface area (Å²) in [7, 11) is 0. The molecule has 0 bridgehead atoms. The van der Waals surface area contributed by atoms with Gasteiger partial charge >= 0.3 is 5.97 Å². The highest BCUT2D eigenvalue weighted by molar-refractivity contribution is 5.97. The maximum atomic E-state index is 13.4. The lowest BCUT2D eigenvalue weighted by Gasteiger charge is -2.42. The lowest BCUT2D eigenvalue weighted by Crippen LogP contribution is -2.52. The van der Waals surface area contributed by atoms with Gasteiger partial charge in [0.25, 0.3) is 5.91 Å². The van der Waals surface area contributed by atoms with Gasteiger partial charge in [-0.05, 0) is 30.8 Å². The van der Waals surface area contributed by atoms with E-state index in [0.717, 1.165) is 32.7 Å². The predicted molar refractivity (Wildman–Crippen MR) is 122 cm³/mol. The third-order valence-corrected chi connectivity index (χ3v) is 5.93. The van der Waals surface area contributed by atoms with Crippen molar-refractivity contribution in [1.29, 1.82) is 0 Å². The lowest BCUT2D eigenvalue weighted by atomic mass is 10.0. The summed E-state index contributed by atoms with van der Waals surface area (Å²) in [5.41, 5.74) is 1.65. The summed E-state index contributed by atoms with van der Waals surface area (Å²) in [6.45, 7) is 11.8. The Morgan fingerprint density at radius 1 is 1.00 bits per heavy atom. The molecule has 6 heteroatoms. The molecule has 2 aromatic rings. The van der Waals surface area contributed by atoms with Gasteiger partial charge in [-0.15, -0.1) is 0 Å². The second kappa shape index (κ2) is 11.1. The van der Waals surface area contributed by atoms with Crippen molar-refractivity contribution in [2.45, 2.75) is 26.8 Å². The standard InChI is InChI=1S/C25H33N3O3/c1-4-26(5-2)15-16-27-17-18-28(19-23(27)21-11-7-6-8-12-21)25(30)22-13-9-10-14-24(22)31-20(3)29/h6-14,23H,4-5,15-19H2,1-3H3. The number of para-hydroxylation sites is 1. The molecule has 1 atom stereocenters. The van der Waals surface area contributed by atoms with E-state index in [4.69, 9.17) is 4.74 Å². The monoisotopic (exact) mass is 423 g/mol. The molecule has 0 aromatic heterocycles. The fourth-order valence-electron chi connectivity index (χ4n) is 4.13. The number of piperazine rings is 1. The summed E-state index contributed by atoms with van der Waals surface area (Å²) in [4.78, 5) is 31.6. The number of esters is 1. The smallest absolute Gasteiger partial charge is 0.308 e. The molecule has 1 amide bonds. The summed E-state index contributed by atoms with van der Waals surface area (Å²) < 4.78 is 5.28. The van der Waals surface area contributed by atoms with Crippen molar-refractivity contribution in [3.05, 3.63) is 65.7 Å². The number of amides is 1. The first-order valence-electron chi connectivity index (χ1n) is 11.1. The van der Waals surface area contributed by atoms with Crippen LogP contribution in [0.25, 0.3) is 0 Å². The third-order valence-electron chi connectivity index (χ3n) is 5.93. The number of rotatable bonds is 8. The maximum Gasteiger partial charge on any atom is 0.308 e. The van der Waals surface area contributed by atoms with Gasteiger partial charge in [0.15, 0.2) is 0 Å². The van der Waals surface area contributed by atoms with Crippen LogP contribution >= 0.6 is 0 Å². The van der Waals surface area contributed by atoms with E-state index in [-0.39, 0.29) is 11.9 Å². The average molecular weight is 424 g/mol. The van der Waals surface area contributed by atoms with Crippen LogP contribution < -0.4 is 4.74 Å². The van der Waals surface area contributed by atoms with Crippen molar-refractivity contribution < 1.29 is 14.3 Å². The number of carbonyl (C=O) groups is 2. The SMILES string of the molecule is CCN(CC)CCN1CCN(C(=O)c2ccccc2OC(C)=O)CC1c1ccccc1. The van der Waals surface area contributed by atoms with Crippen molar-refractivity contribution in [2.75, 3.05) is 45.8 Å². The largest absolute Gasteiger partial charge is 0.426 e. The second-order valence-corrected chi connectivity index (χ2v) is 7.83. The first-order chi connectivity index (χ1) is 15.0. The van der Waals surface area contributed by atoms with E-state index in [1.807, 2.05) is 11.0 Å². The Hall–Kier alpha value is -2.70. The van der Waals surface area contributed by atoms with Gasteiger partial charge in [0.05, 0.1) is 11.6 Å². The molecule has 2 aromatic carbocycles. The highest BCUT2D eigenvalue weighted by Gasteiger charge is 2.32. The van der Waals surface area contributed by atoms with E-state index >= 15 is 0 Å². The number of nitrogens with zero attached hydrogens (tertiary/aromatic N) is 3. The van der Waals surface area contributed by atoms with E-state index < -0.39 is 5.97 Å². The number of hydrogen-bond donors (Lipinski definition) is 0. The molecule has 166 valence electrons. The molecule has 0 radical (unpaired) electrons. The number of likely N-dealkylation sites (N-methyl/N-ethyl adjacent to an activating group) is 1. The molecular formula is C25H33N3O3. The van der Waals surface area contributed by atoms with Gasteiger partial charge in [-0.25, -0.2) is 0 Å². The van der Waals surface area contributed by atoms with Crippen LogP contribution in [0.4, 0.5) is 0 Å². The fourth-order valence-corrected chi connectivity index (χ4v) is 4.13. The van der Waals surface area contributed by atoms with Crippen molar-refractivity contribution in [3.8, 4) is 5.75 Å². The molecule has 0 aliphatic carbocycles. The number of benzene rings is 2. The van der Waals surface area contributed by atoms with Gasteiger partial charge in [-0.3, -0.25) is 14.5 Å². The van der Waals surface area contributed by atoms with E-state index in [2.05, 4.69) is 47.9 Å². The van der Waals surface area contributed by atoms with Gasteiger partial charge in [0.1, 0.15) is 5.75 Å². The Morgan fingerprint density at radius 2 is 1.68 bits per heavy atom. The Balaban J connectivity index is 1.79. The second-order valence-electron chi connectivity index (χ2n) is 7.83. The summed E-state index contributed by atoms with van der Waals surface area (Å²) in [6, 6.07) is 17.5. The highest BCUT2D eigenvalue weighted by atomic mass is 16.5. The van der Waals surface area contributed by atoms with Crippen LogP contribution in [0, 0.1) is 0 Å². The number of hydrogen-bond acceptors (Lipinski definition) is 5.